The van der Waals surface area contributed by atoms with E-state index in [0.717, 1.165) is 26.2 Å². The number of halogens is 2. The van der Waals surface area contributed by atoms with Crippen LogP contribution < -0.4 is 5.32 Å². The lowest BCUT2D eigenvalue weighted by Gasteiger charge is -2.38. The molecule has 1 saturated heterocycles. The van der Waals surface area contributed by atoms with Gasteiger partial charge in [0.1, 0.15) is 5.82 Å². The number of hydrogen-bond donors (Lipinski definition) is 1. The topological polar surface area (TPSA) is 28.2 Å². The quantitative estimate of drug-likeness (QED) is 0.928. The van der Waals surface area contributed by atoms with E-state index in [2.05, 4.69) is 28.2 Å². The summed E-state index contributed by atoms with van der Waals surface area (Å²) in [6, 6.07) is 11.4. The van der Waals surface area contributed by atoms with E-state index >= 15 is 0 Å². The van der Waals surface area contributed by atoms with Crippen LogP contribution in [0.4, 0.5) is 4.39 Å². The highest BCUT2D eigenvalue weighted by Gasteiger charge is 2.25. The highest BCUT2D eigenvalue weighted by Crippen LogP contribution is 2.25. The zero-order valence-electron chi connectivity index (χ0n) is 13.3. The van der Waals surface area contributed by atoms with Gasteiger partial charge in [-0.25, -0.2) is 4.39 Å². The largest absolute Gasteiger partial charge is 0.314 e. The van der Waals surface area contributed by atoms with Crippen LogP contribution in [0.2, 0.25) is 0 Å². The Balaban J connectivity index is 0.00000192. The Kier molecular flexibility index (Phi) is 6.51. The minimum absolute atomic E-state index is 0. The number of nitrogens with zero attached hydrogens (tertiary/aromatic N) is 2. The Bertz CT molecular complexity index is 591. The summed E-state index contributed by atoms with van der Waals surface area (Å²) in [7, 11) is 0. The lowest BCUT2D eigenvalue weighted by Crippen LogP contribution is -2.47. The Labute approximate surface area is 143 Å². The van der Waals surface area contributed by atoms with E-state index < -0.39 is 0 Å². The van der Waals surface area contributed by atoms with Crippen molar-refractivity contribution in [3.8, 4) is 0 Å². The molecular formula is C18H23ClFN3. The van der Waals surface area contributed by atoms with Gasteiger partial charge in [-0.15, -0.1) is 12.4 Å². The average Bonchev–Trinajstić information content (AvgIpc) is 2.57. The van der Waals surface area contributed by atoms with Crippen molar-refractivity contribution < 1.29 is 4.39 Å². The van der Waals surface area contributed by atoms with Crippen LogP contribution in [-0.4, -0.2) is 36.1 Å². The molecule has 1 aliphatic heterocycles. The molecule has 3 rings (SSSR count). The number of rotatable bonds is 4. The summed E-state index contributed by atoms with van der Waals surface area (Å²) in [6.45, 7) is 6.14. The van der Waals surface area contributed by atoms with Gasteiger partial charge in [-0.3, -0.25) is 9.88 Å². The van der Waals surface area contributed by atoms with Gasteiger partial charge < -0.3 is 5.32 Å². The van der Waals surface area contributed by atoms with Crippen molar-refractivity contribution in [1.29, 1.82) is 0 Å². The Morgan fingerprint density at radius 2 is 2.09 bits per heavy atom. The molecule has 1 aromatic carbocycles. The maximum atomic E-state index is 13.1. The van der Waals surface area contributed by atoms with Crippen LogP contribution in [0.3, 0.4) is 0 Å². The number of piperazine rings is 1. The molecule has 2 unspecified atom stereocenters. The Hall–Kier alpha value is -1.49. The molecule has 0 aliphatic carbocycles. The van der Waals surface area contributed by atoms with Gasteiger partial charge in [-0.05, 0) is 35.2 Å². The van der Waals surface area contributed by atoms with Crippen LogP contribution in [0.15, 0.2) is 48.8 Å². The molecule has 2 aromatic rings. The lowest BCUT2D eigenvalue weighted by atomic mass is 9.98. The van der Waals surface area contributed by atoms with Crippen molar-refractivity contribution in [3.05, 3.63) is 65.7 Å². The van der Waals surface area contributed by atoms with Crippen LogP contribution in [0.25, 0.3) is 0 Å². The molecule has 1 N–H and O–H groups in total. The van der Waals surface area contributed by atoms with E-state index in [0.29, 0.717) is 12.0 Å². The third kappa shape index (κ3) is 4.50. The van der Waals surface area contributed by atoms with Gasteiger partial charge in [0, 0.05) is 44.6 Å². The maximum Gasteiger partial charge on any atom is 0.123 e. The fraction of sp³-hybridized carbons (Fsp3) is 0.389. The van der Waals surface area contributed by atoms with Crippen molar-refractivity contribution >= 4 is 12.4 Å². The first-order valence-electron chi connectivity index (χ1n) is 7.84. The third-order valence-corrected chi connectivity index (χ3v) is 4.37. The van der Waals surface area contributed by atoms with Gasteiger partial charge in [-0.2, -0.15) is 0 Å². The van der Waals surface area contributed by atoms with Gasteiger partial charge in [0.2, 0.25) is 0 Å². The van der Waals surface area contributed by atoms with Crippen LogP contribution in [0.5, 0.6) is 0 Å². The number of nitrogens with one attached hydrogen (secondary N) is 1. The van der Waals surface area contributed by atoms with E-state index in [1.54, 1.807) is 12.1 Å². The van der Waals surface area contributed by atoms with Gasteiger partial charge in [-0.1, -0.05) is 25.1 Å². The van der Waals surface area contributed by atoms with Gasteiger partial charge in [0.25, 0.3) is 0 Å². The van der Waals surface area contributed by atoms with Crippen LogP contribution in [0.1, 0.15) is 30.0 Å². The highest BCUT2D eigenvalue weighted by molar-refractivity contribution is 5.85. The Morgan fingerprint density at radius 1 is 1.30 bits per heavy atom. The predicted octanol–water partition coefficient (Wildman–Crippen LogP) is 3.39. The molecule has 1 aromatic heterocycles. The molecule has 124 valence electrons. The molecule has 5 heteroatoms. The van der Waals surface area contributed by atoms with Crippen molar-refractivity contribution in [2.75, 3.05) is 26.2 Å². The summed E-state index contributed by atoms with van der Waals surface area (Å²) in [5.74, 6) is 0.198. The van der Waals surface area contributed by atoms with Crippen molar-refractivity contribution in [3.63, 3.8) is 0 Å². The van der Waals surface area contributed by atoms with E-state index in [-0.39, 0.29) is 18.2 Å². The second-order valence-corrected chi connectivity index (χ2v) is 5.95. The van der Waals surface area contributed by atoms with Gasteiger partial charge in [0.05, 0.1) is 0 Å². The summed E-state index contributed by atoms with van der Waals surface area (Å²) in [5.41, 5.74) is 2.44. The standard InChI is InChI=1S/C18H22FN3.ClH/c1-14(15-4-6-17(19)7-5-15)13-22-10-9-21-12-18(22)16-3-2-8-20-11-16;/h2-8,11,14,18,21H,9-10,12-13H2,1H3;1H. The number of benzene rings is 1. The Morgan fingerprint density at radius 3 is 2.78 bits per heavy atom. The predicted molar refractivity (Wildman–Crippen MR) is 93.5 cm³/mol. The summed E-state index contributed by atoms with van der Waals surface area (Å²) < 4.78 is 13.1. The first-order chi connectivity index (χ1) is 10.7. The molecule has 0 radical (unpaired) electrons. The lowest BCUT2D eigenvalue weighted by molar-refractivity contribution is 0.154. The molecule has 0 saturated carbocycles. The molecule has 1 aliphatic rings. The second-order valence-electron chi connectivity index (χ2n) is 5.95. The average molecular weight is 336 g/mol. The maximum absolute atomic E-state index is 13.1. The number of hydrogen-bond acceptors (Lipinski definition) is 3. The van der Waals surface area contributed by atoms with Crippen molar-refractivity contribution in [2.24, 2.45) is 0 Å². The summed E-state index contributed by atoms with van der Waals surface area (Å²) >= 11 is 0. The van der Waals surface area contributed by atoms with E-state index in [1.165, 1.54) is 11.1 Å². The molecule has 1 fully saturated rings. The van der Waals surface area contributed by atoms with E-state index in [1.807, 2.05) is 30.6 Å². The molecule has 0 spiro atoms. The van der Waals surface area contributed by atoms with Crippen molar-refractivity contribution in [1.82, 2.24) is 15.2 Å². The first-order valence-corrected chi connectivity index (χ1v) is 7.84. The monoisotopic (exact) mass is 335 g/mol. The summed E-state index contributed by atoms with van der Waals surface area (Å²) in [5, 5.41) is 3.46. The summed E-state index contributed by atoms with van der Waals surface area (Å²) in [4.78, 5) is 6.75. The fourth-order valence-electron chi connectivity index (χ4n) is 3.12. The SMILES string of the molecule is CC(CN1CCNCC1c1cccnc1)c1ccc(F)cc1.Cl. The normalized spacial score (nSPS) is 19.8. The van der Waals surface area contributed by atoms with Crippen LogP contribution in [-0.2, 0) is 0 Å². The molecule has 2 atom stereocenters. The van der Waals surface area contributed by atoms with Crippen LogP contribution >= 0.6 is 12.4 Å². The minimum Gasteiger partial charge on any atom is -0.314 e. The molecule has 0 amide bonds. The molecule has 23 heavy (non-hydrogen) atoms. The molecule has 0 bridgehead atoms. The number of pyridine rings is 1. The number of aromatic nitrogens is 1. The van der Waals surface area contributed by atoms with E-state index in [4.69, 9.17) is 0 Å². The van der Waals surface area contributed by atoms with E-state index in [9.17, 15) is 4.39 Å². The van der Waals surface area contributed by atoms with Crippen molar-refractivity contribution in [2.45, 2.75) is 18.9 Å². The molecule has 2 heterocycles. The van der Waals surface area contributed by atoms with Crippen LogP contribution in [0, 0.1) is 5.82 Å². The van der Waals surface area contributed by atoms with Gasteiger partial charge in [0.15, 0.2) is 0 Å². The molecular weight excluding hydrogens is 313 g/mol. The smallest absolute Gasteiger partial charge is 0.123 e. The first kappa shape index (κ1) is 17.9. The molecule has 3 nitrogen and oxygen atoms in total. The highest BCUT2D eigenvalue weighted by atomic mass is 35.5. The zero-order chi connectivity index (χ0) is 15.4. The minimum atomic E-state index is -0.175. The summed E-state index contributed by atoms with van der Waals surface area (Å²) in [6.07, 6.45) is 3.76. The second kappa shape index (κ2) is 8.39. The fourth-order valence-corrected chi connectivity index (χ4v) is 3.12. The van der Waals surface area contributed by atoms with Gasteiger partial charge >= 0.3 is 0 Å². The third-order valence-electron chi connectivity index (χ3n) is 4.37. The zero-order valence-corrected chi connectivity index (χ0v) is 14.1.